The number of ether oxygens (including phenoxy) is 3. The van der Waals surface area contributed by atoms with Crippen LogP contribution >= 0.6 is 0 Å². The lowest BCUT2D eigenvalue weighted by molar-refractivity contribution is 0.0526. The number of fused-ring (bicyclic) bond motifs is 1. The van der Waals surface area contributed by atoms with Crippen molar-refractivity contribution in [3.05, 3.63) is 53.7 Å². The molecule has 0 unspecified atom stereocenters. The van der Waals surface area contributed by atoms with E-state index in [4.69, 9.17) is 19.5 Å². The number of carbonyl (C=O) groups excluding carboxylic acids is 2. The molecule has 2 aliphatic heterocycles. The van der Waals surface area contributed by atoms with Gasteiger partial charge in [0.2, 0.25) is 0 Å². The minimum Gasteiger partial charge on any atom is -0.493 e. The summed E-state index contributed by atoms with van der Waals surface area (Å²) in [4.78, 5) is 36.9. The number of carbonyl (C=O) groups is 2. The van der Waals surface area contributed by atoms with E-state index in [9.17, 15) is 9.59 Å². The molecule has 0 saturated carbocycles. The van der Waals surface area contributed by atoms with Gasteiger partial charge >= 0.3 is 12.0 Å². The minimum atomic E-state index is -0.450. The second-order valence-corrected chi connectivity index (χ2v) is 10.6. The number of amides is 2. The summed E-state index contributed by atoms with van der Waals surface area (Å²) < 4.78 is 17.2. The standard InChI is InChI=1S/C32H38N6O5/c1-3-42-31(39)26-22-34-27-20-29(43-18-6-13-36-11-4-5-12-36)28(41-2)19-25(27)30(26)37-14-16-38(17-15-37)32(40)35-24-9-7-23(21-33)8-10-24/h7-10,19-20,22H,3-6,11-18H2,1-2H3,(H,35,40). The van der Waals surface area contributed by atoms with Gasteiger partial charge in [0, 0.05) is 56.1 Å². The SMILES string of the molecule is CCOC(=O)c1cnc2cc(OCCCN3CCCC3)c(OC)cc2c1N1CCN(C(=O)Nc2ccc(C#N)cc2)CC1. The first-order valence-electron chi connectivity index (χ1n) is 14.8. The first kappa shape index (κ1) is 29.9. The van der Waals surface area contributed by atoms with E-state index in [-0.39, 0.29) is 12.6 Å². The van der Waals surface area contributed by atoms with Crippen LogP contribution in [0, 0.1) is 11.3 Å². The fourth-order valence-corrected chi connectivity index (χ4v) is 5.60. The number of pyridine rings is 1. The van der Waals surface area contributed by atoms with Crippen molar-refractivity contribution < 1.29 is 23.8 Å². The molecule has 11 heteroatoms. The van der Waals surface area contributed by atoms with Crippen LogP contribution in [0.15, 0.2) is 42.6 Å². The van der Waals surface area contributed by atoms with Gasteiger partial charge in [-0.3, -0.25) is 4.98 Å². The van der Waals surface area contributed by atoms with Crippen LogP contribution in [0.2, 0.25) is 0 Å². The first-order valence-corrected chi connectivity index (χ1v) is 14.8. The molecule has 2 amide bonds. The Morgan fingerprint density at radius 3 is 2.44 bits per heavy atom. The van der Waals surface area contributed by atoms with Crippen molar-refractivity contribution in [3.8, 4) is 17.6 Å². The predicted octanol–water partition coefficient (Wildman–Crippen LogP) is 4.51. The molecule has 2 aromatic carbocycles. The molecule has 3 heterocycles. The Balaban J connectivity index is 1.34. The summed E-state index contributed by atoms with van der Waals surface area (Å²) in [5.41, 5.74) is 2.90. The molecule has 11 nitrogen and oxygen atoms in total. The Morgan fingerprint density at radius 1 is 1.02 bits per heavy atom. The van der Waals surface area contributed by atoms with Crippen molar-refractivity contribution in [1.82, 2.24) is 14.8 Å². The van der Waals surface area contributed by atoms with Gasteiger partial charge in [0.15, 0.2) is 11.5 Å². The minimum absolute atomic E-state index is 0.220. The zero-order chi connectivity index (χ0) is 30.2. The summed E-state index contributed by atoms with van der Waals surface area (Å²) in [5, 5.41) is 12.7. The van der Waals surface area contributed by atoms with E-state index in [0.717, 1.165) is 31.4 Å². The van der Waals surface area contributed by atoms with Crippen molar-refractivity contribution in [1.29, 1.82) is 5.26 Å². The molecular formula is C32H38N6O5. The summed E-state index contributed by atoms with van der Waals surface area (Å²) in [6.45, 7) is 7.81. The highest BCUT2D eigenvalue weighted by molar-refractivity contribution is 6.06. The predicted molar refractivity (Wildman–Crippen MR) is 164 cm³/mol. The Labute approximate surface area is 251 Å². The molecule has 0 radical (unpaired) electrons. The molecule has 1 N–H and O–H groups in total. The monoisotopic (exact) mass is 586 g/mol. The topological polar surface area (TPSA) is 120 Å². The number of aromatic nitrogens is 1. The number of urea groups is 1. The van der Waals surface area contributed by atoms with E-state index in [1.54, 1.807) is 49.4 Å². The van der Waals surface area contributed by atoms with Crippen LogP contribution in [0.1, 0.15) is 42.1 Å². The number of esters is 1. The highest BCUT2D eigenvalue weighted by atomic mass is 16.5. The van der Waals surface area contributed by atoms with Gasteiger partial charge in [-0.1, -0.05) is 0 Å². The summed E-state index contributed by atoms with van der Waals surface area (Å²) >= 11 is 0. The molecule has 5 rings (SSSR count). The number of methoxy groups -OCH3 is 1. The van der Waals surface area contributed by atoms with Gasteiger partial charge in [-0.05, 0) is 69.6 Å². The number of likely N-dealkylation sites (tertiary alicyclic amines) is 1. The number of nitriles is 1. The number of benzene rings is 2. The van der Waals surface area contributed by atoms with E-state index in [1.165, 1.54) is 12.8 Å². The normalized spacial score (nSPS) is 15.3. The fourth-order valence-electron chi connectivity index (χ4n) is 5.60. The van der Waals surface area contributed by atoms with Gasteiger partial charge < -0.3 is 34.2 Å². The Morgan fingerprint density at radius 2 is 1.77 bits per heavy atom. The third-order valence-electron chi connectivity index (χ3n) is 7.84. The molecule has 43 heavy (non-hydrogen) atoms. The Hall–Kier alpha value is -4.56. The number of anilines is 2. The van der Waals surface area contributed by atoms with Gasteiger partial charge in [0.1, 0.15) is 5.56 Å². The number of rotatable bonds is 10. The Bertz CT molecular complexity index is 1470. The lowest BCUT2D eigenvalue weighted by atomic mass is 10.1. The average molecular weight is 587 g/mol. The Kier molecular flexibility index (Phi) is 9.79. The lowest BCUT2D eigenvalue weighted by Gasteiger charge is -2.37. The molecule has 0 aliphatic carbocycles. The number of piperazine rings is 1. The summed E-state index contributed by atoms with van der Waals surface area (Å²) in [7, 11) is 1.60. The third-order valence-corrected chi connectivity index (χ3v) is 7.84. The molecule has 2 aliphatic rings. The smallest absolute Gasteiger partial charge is 0.341 e. The molecule has 0 spiro atoms. The van der Waals surface area contributed by atoms with Crippen molar-refractivity contribution in [2.75, 3.05) is 76.4 Å². The van der Waals surface area contributed by atoms with E-state index < -0.39 is 5.97 Å². The number of hydrogen-bond donors (Lipinski definition) is 1. The maximum atomic E-state index is 13.0. The first-order chi connectivity index (χ1) is 21.0. The maximum absolute atomic E-state index is 13.0. The van der Waals surface area contributed by atoms with E-state index in [0.29, 0.717) is 72.3 Å². The van der Waals surface area contributed by atoms with Crippen molar-refractivity contribution in [2.24, 2.45) is 0 Å². The van der Waals surface area contributed by atoms with Crippen LogP contribution in [0.4, 0.5) is 16.2 Å². The molecule has 3 aromatic rings. The molecule has 2 fully saturated rings. The molecule has 226 valence electrons. The summed E-state index contributed by atoms with van der Waals surface area (Å²) in [5.74, 6) is 0.732. The molecule has 1 aromatic heterocycles. The quantitative estimate of drug-likeness (QED) is 0.270. The van der Waals surface area contributed by atoms with E-state index in [1.807, 2.05) is 12.1 Å². The average Bonchev–Trinajstić information content (AvgIpc) is 3.56. The van der Waals surface area contributed by atoms with Crippen molar-refractivity contribution >= 4 is 34.3 Å². The van der Waals surface area contributed by atoms with Crippen molar-refractivity contribution in [3.63, 3.8) is 0 Å². The zero-order valence-corrected chi connectivity index (χ0v) is 24.8. The number of nitrogens with zero attached hydrogens (tertiary/aromatic N) is 5. The lowest BCUT2D eigenvalue weighted by Crippen LogP contribution is -2.50. The van der Waals surface area contributed by atoms with Crippen LogP contribution in [-0.4, -0.2) is 92.9 Å². The van der Waals surface area contributed by atoms with Crippen LogP contribution in [-0.2, 0) is 4.74 Å². The van der Waals surface area contributed by atoms with Gasteiger partial charge in [-0.2, -0.15) is 5.26 Å². The van der Waals surface area contributed by atoms with Gasteiger partial charge in [0.25, 0.3) is 0 Å². The van der Waals surface area contributed by atoms with Crippen LogP contribution in [0.3, 0.4) is 0 Å². The highest BCUT2D eigenvalue weighted by Gasteiger charge is 2.28. The third kappa shape index (κ3) is 7.09. The maximum Gasteiger partial charge on any atom is 0.341 e. The molecular weight excluding hydrogens is 548 g/mol. The summed E-state index contributed by atoms with van der Waals surface area (Å²) in [6, 6.07) is 12.3. The highest BCUT2D eigenvalue weighted by Crippen LogP contribution is 2.38. The van der Waals surface area contributed by atoms with Crippen LogP contribution in [0.25, 0.3) is 10.9 Å². The fraction of sp³-hybridized carbons (Fsp3) is 0.438. The van der Waals surface area contributed by atoms with Gasteiger partial charge in [-0.25, -0.2) is 9.59 Å². The van der Waals surface area contributed by atoms with Crippen molar-refractivity contribution in [2.45, 2.75) is 26.2 Å². The zero-order valence-electron chi connectivity index (χ0n) is 24.8. The van der Waals surface area contributed by atoms with Gasteiger partial charge in [0.05, 0.1) is 43.2 Å². The van der Waals surface area contributed by atoms with Crippen LogP contribution < -0.4 is 19.7 Å². The molecule has 2 saturated heterocycles. The number of nitrogens with one attached hydrogen (secondary N) is 1. The van der Waals surface area contributed by atoms with E-state index >= 15 is 0 Å². The second kappa shape index (κ2) is 14.1. The van der Waals surface area contributed by atoms with Gasteiger partial charge in [-0.15, -0.1) is 0 Å². The van der Waals surface area contributed by atoms with E-state index in [2.05, 4.69) is 26.2 Å². The largest absolute Gasteiger partial charge is 0.493 e. The number of hydrogen-bond acceptors (Lipinski definition) is 9. The van der Waals surface area contributed by atoms with Crippen LogP contribution in [0.5, 0.6) is 11.5 Å². The summed E-state index contributed by atoms with van der Waals surface area (Å²) in [6.07, 6.45) is 5.01. The molecule has 0 atom stereocenters. The molecule has 0 bridgehead atoms. The second-order valence-electron chi connectivity index (χ2n) is 10.6.